The molecule has 0 radical (unpaired) electrons. The van der Waals surface area contributed by atoms with Gasteiger partial charge in [-0.2, -0.15) is 0 Å². The molecule has 0 spiro atoms. The number of carbonyl (C=O) groups excluding carboxylic acids is 1. The van der Waals surface area contributed by atoms with Crippen LogP contribution in [0.1, 0.15) is 61.0 Å². The largest absolute Gasteiger partial charge is 0.320 e. The fraction of sp³-hybridized carbons (Fsp3) is 0.583. The van der Waals surface area contributed by atoms with Gasteiger partial charge >= 0.3 is 0 Å². The first-order valence-electron chi connectivity index (χ1n) is 6.11. The van der Waals surface area contributed by atoms with E-state index in [0.29, 0.717) is 5.56 Å². The van der Waals surface area contributed by atoms with Crippen molar-refractivity contribution in [2.24, 2.45) is 0 Å². The second-order valence-electron chi connectivity index (χ2n) is 4.72. The maximum Gasteiger partial charge on any atom is 0.290 e. The highest BCUT2D eigenvalue weighted by molar-refractivity contribution is 6.34. The van der Waals surface area contributed by atoms with Crippen LogP contribution in [-0.2, 0) is 0 Å². The van der Waals surface area contributed by atoms with Crippen molar-refractivity contribution < 1.29 is 4.79 Å². The summed E-state index contributed by atoms with van der Waals surface area (Å²) in [5.41, 5.74) is 0.148. The molecule has 18 heavy (non-hydrogen) atoms. The van der Waals surface area contributed by atoms with Gasteiger partial charge in [-0.25, -0.2) is 0 Å². The van der Waals surface area contributed by atoms with Crippen molar-refractivity contribution in [3.8, 4) is 0 Å². The van der Waals surface area contributed by atoms with Gasteiger partial charge in [0.15, 0.2) is 5.78 Å². The third-order valence-electron chi connectivity index (χ3n) is 3.44. The summed E-state index contributed by atoms with van der Waals surface area (Å²) in [5.74, 6) is 5.33. The van der Waals surface area contributed by atoms with Crippen LogP contribution >= 0.6 is 11.6 Å². The third-order valence-corrected chi connectivity index (χ3v) is 3.82. The molecule has 0 unspecified atom stereocenters. The van der Waals surface area contributed by atoms with Gasteiger partial charge in [0, 0.05) is 12.5 Å². The predicted molar refractivity (Wildman–Crippen MR) is 69.5 cm³/mol. The average Bonchev–Trinajstić information content (AvgIpc) is 2.35. The van der Waals surface area contributed by atoms with E-state index < -0.39 is 5.56 Å². The summed E-state index contributed by atoms with van der Waals surface area (Å²) < 4.78 is 0. The molecule has 0 saturated heterocycles. The number of ketones is 1. The molecule has 1 aliphatic rings. The van der Waals surface area contributed by atoms with Crippen LogP contribution < -0.4 is 11.4 Å². The summed E-state index contributed by atoms with van der Waals surface area (Å²) in [5, 5.41) is 3.91. The molecule has 2 rings (SSSR count). The first-order chi connectivity index (χ1) is 8.52. The van der Waals surface area contributed by atoms with E-state index in [2.05, 4.69) is 5.10 Å². The Kier molecular flexibility index (Phi) is 3.71. The van der Waals surface area contributed by atoms with Crippen molar-refractivity contribution in [3.05, 3.63) is 26.6 Å². The SMILES string of the molecule is CC(=O)c1nn(N)c(=O)c(C2CCCCC2)c1Cl. The lowest BCUT2D eigenvalue weighted by atomic mass is 9.84. The number of hydrogen-bond donors (Lipinski definition) is 1. The van der Waals surface area contributed by atoms with Crippen molar-refractivity contribution in [3.63, 3.8) is 0 Å². The number of nitrogens with two attached hydrogens (primary N) is 1. The number of Topliss-reactive ketones (excluding diaryl/α,β-unsaturated/α-hetero) is 1. The van der Waals surface area contributed by atoms with Crippen LogP contribution in [0.4, 0.5) is 0 Å². The van der Waals surface area contributed by atoms with E-state index in [-0.39, 0.29) is 22.4 Å². The molecule has 1 saturated carbocycles. The van der Waals surface area contributed by atoms with Crippen LogP contribution in [0.15, 0.2) is 4.79 Å². The van der Waals surface area contributed by atoms with E-state index >= 15 is 0 Å². The monoisotopic (exact) mass is 269 g/mol. The highest BCUT2D eigenvalue weighted by Gasteiger charge is 2.26. The topological polar surface area (TPSA) is 78.0 Å². The minimum absolute atomic E-state index is 0.0827. The minimum Gasteiger partial charge on any atom is -0.320 e. The van der Waals surface area contributed by atoms with Gasteiger partial charge in [-0.05, 0) is 18.8 Å². The van der Waals surface area contributed by atoms with Crippen LogP contribution in [0.3, 0.4) is 0 Å². The molecule has 0 aromatic carbocycles. The van der Waals surface area contributed by atoms with Crippen molar-refractivity contribution >= 4 is 17.4 Å². The molecule has 1 fully saturated rings. The Hall–Kier alpha value is -1.36. The number of carbonyl (C=O) groups is 1. The summed E-state index contributed by atoms with van der Waals surface area (Å²) >= 11 is 6.16. The Morgan fingerprint density at radius 2 is 2.00 bits per heavy atom. The van der Waals surface area contributed by atoms with Gasteiger partial charge in [0.2, 0.25) is 0 Å². The molecular formula is C12H16ClN3O2. The molecule has 0 amide bonds. The number of nitrogen functional groups attached to an aromatic ring is 1. The van der Waals surface area contributed by atoms with Gasteiger partial charge in [0.1, 0.15) is 5.69 Å². The Labute approximate surface area is 110 Å². The molecule has 1 aromatic heterocycles. The number of rotatable bonds is 2. The van der Waals surface area contributed by atoms with E-state index in [1.54, 1.807) is 0 Å². The van der Waals surface area contributed by atoms with Crippen molar-refractivity contribution in [2.75, 3.05) is 5.84 Å². The zero-order valence-electron chi connectivity index (χ0n) is 10.3. The quantitative estimate of drug-likeness (QED) is 0.657. The van der Waals surface area contributed by atoms with Crippen LogP contribution in [0.25, 0.3) is 0 Å². The highest BCUT2D eigenvalue weighted by Crippen LogP contribution is 2.34. The molecule has 0 aliphatic heterocycles. The van der Waals surface area contributed by atoms with Crippen LogP contribution in [0.5, 0.6) is 0 Å². The Bertz CT molecular complexity index is 533. The van der Waals surface area contributed by atoms with Crippen molar-refractivity contribution in [1.82, 2.24) is 9.89 Å². The number of aromatic nitrogens is 2. The average molecular weight is 270 g/mol. The van der Waals surface area contributed by atoms with Gasteiger partial charge in [-0.1, -0.05) is 30.9 Å². The maximum atomic E-state index is 12.0. The zero-order chi connectivity index (χ0) is 13.3. The standard InChI is InChI=1S/C12H16ClN3O2/c1-7(17)11-10(13)9(12(18)16(14)15-11)8-5-3-2-4-6-8/h8H,2-6,14H2,1H3. The fourth-order valence-electron chi connectivity index (χ4n) is 2.51. The molecule has 98 valence electrons. The van der Waals surface area contributed by atoms with E-state index in [1.807, 2.05) is 0 Å². The molecule has 2 N–H and O–H groups in total. The van der Waals surface area contributed by atoms with Crippen LogP contribution in [-0.4, -0.2) is 15.7 Å². The molecular weight excluding hydrogens is 254 g/mol. The van der Waals surface area contributed by atoms with Crippen LogP contribution in [0, 0.1) is 0 Å². The molecule has 5 nitrogen and oxygen atoms in total. The Morgan fingerprint density at radius 3 is 2.56 bits per heavy atom. The third kappa shape index (κ3) is 2.27. The first kappa shape index (κ1) is 13.1. The molecule has 6 heteroatoms. The van der Waals surface area contributed by atoms with E-state index in [1.165, 1.54) is 13.3 Å². The lowest BCUT2D eigenvalue weighted by Gasteiger charge is -2.22. The minimum atomic E-state index is -0.392. The summed E-state index contributed by atoms with van der Waals surface area (Å²) in [4.78, 5) is 24.2. The van der Waals surface area contributed by atoms with Gasteiger partial charge < -0.3 is 5.84 Å². The second kappa shape index (κ2) is 5.10. The lowest BCUT2D eigenvalue weighted by Crippen LogP contribution is -2.35. The second-order valence-corrected chi connectivity index (χ2v) is 5.10. The van der Waals surface area contributed by atoms with Crippen molar-refractivity contribution in [1.29, 1.82) is 0 Å². The predicted octanol–water partition coefficient (Wildman–Crippen LogP) is 1.86. The molecule has 0 atom stereocenters. The summed E-state index contributed by atoms with van der Waals surface area (Å²) in [6.45, 7) is 1.36. The first-order valence-corrected chi connectivity index (χ1v) is 6.49. The lowest BCUT2D eigenvalue weighted by molar-refractivity contribution is 0.101. The molecule has 1 aliphatic carbocycles. The molecule has 1 heterocycles. The summed E-state index contributed by atoms with van der Waals surface area (Å²) in [6.07, 6.45) is 5.15. The number of nitrogens with zero attached hydrogens (tertiary/aromatic N) is 2. The van der Waals surface area contributed by atoms with Gasteiger partial charge in [0.05, 0.1) is 5.02 Å². The Morgan fingerprint density at radius 1 is 1.39 bits per heavy atom. The highest BCUT2D eigenvalue weighted by atomic mass is 35.5. The summed E-state index contributed by atoms with van der Waals surface area (Å²) in [7, 11) is 0. The smallest absolute Gasteiger partial charge is 0.290 e. The number of hydrogen-bond acceptors (Lipinski definition) is 4. The fourth-order valence-corrected chi connectivity index (χ4v) is 2.92. The zero-order valence-corrected chi connectivity index (χ0v) is 11.0. The normalized spacial score (nSPS) is 16.8. The van der Waals surface area contributed by atoms with Crippen LogP contribution in [0.2, 0.25) is 5.02 Å². The summed E-state index contributed by atoms with van der Waals surface area (Å²) in [6, 6.07) is 0. The maximum absolute atomic E-state index is 12.0. The van der Waals surface area contributed by atoms with E-state index in [4.69, 9.17) is 17.4 Å². The van der Waals surface area contributed by atoms with Gasteiger partial charge in [-0.3, -0.25) is 9.59 Å². The van der Waals surface area contributed by atoms with E-state index in [9.17, 15) is 9.59 Å². The molecule has 0 bridgehead atoms. The van der Waals surface area contributed by atoms with Crippen molar-refractivity contribution in [2.45, 2.75) is 44.9 Å². The number of halogens is 1. The van der Waals surface area contributed by atoms with Gasteiger partial charge in [-0.15, -0.1) is 9.89 Å². The van der Waals surface area contributed by atoms with Gasteiger partial charge in [0.25, 0.3) is 5.56 Å². The Balaban J connectivity index is 2.57. The van der Waals surface area contributed by atoms with E-state index in [0.717, 1.165) is 30.5 Å². The molecule has 1 aromatic rings.